The van der Waals surface area contributed by atoms with Crippen LogP contribution in [0, 0.1) is 5.82 Å². The highest BCUT2D eigenvalue weighted by Crippen LogP contribution is 2.16. The van der Waals surface area contributed by atoms with Crippen molar-refractivity contribution < 1.29 is 27.1 Å². The van der Waals surface area contributed by atoms with Gasteiger partial charge >= 0.3 is 5.97 Å². The highest BCUT2D eigenvalue weighted by molar-refractivity contribution is 7.88. The zero-order valence-corrected chi connectivity index (χ0v) is 15.6. The van der Waals surface area contributed by atoms with Gasteiger partial charge in [-0.05, 0) is 29.8 Å². The first-order chi connectivity index (χ1) is 12.7. The Kier molecular flexibility index (Phi) is 6.65. The lowest BCUT2D eigenvalue weighted by molar-refractivity contribution is -0.116. The van der Waals surface area contributed by atoms with Crippen molar-refractivity contribution in [3.63, 3.8) is 0 Å². The standard InChI is InChI=1S/C18H19FN2O5S/c1-26-18(23)15-5-3-4-6-16(15)20-17(22)12-21(27(2,24)25)11-13-7-9-14(19)10-8-13/h3-10H,11-12H2,1-2H3,(H,20,22). The number of nitrogens with zero attached hydrogens (tertiary/aromatic N) is 1. The van der Waals surface area contributed by atoms with E-state index in [4.69, 9.17) is 0 Å². The van der Waals surface area contributed by atoms with Crippen LogP contribution in [0.4, 0.5) is 10.1 Å². The average molecular weight is 394 g/mol. The Morgan fingerprint density at radius 1 is 1.11 bits per heavy atom. The van der Waals surface area contributed by atoms with Crippen LogP contribution in [-0.2, 0) is 26.1 Å². The smallest absolute Gasteiger partial charge is 0.339 e. The number of benzene rings is 2. The monoisotopic (exact) mass is 394 g/mol. The molecule has 0 fully saturated rings. The number of anilines is 1. The summed E-state index contributed by atoms with van der Waals surface area (Å²) in [6.07, 6.45) is 0.978. The van der Waals surface area contributed by atoms with Crippen molar-refractivity contribution in [3.8, 4) is 0 Å². The average Bonchev–Trinajstić information content (AvgIpc) is 2.62. The molecular formula is C18H19FN2O5S. The van der Waals surface area contributed by atoms with Crippen LogP contribution in [0.1, 0.15) is 15.9 Å². The van der Waals surface area contributed by atoms with Gasteiger partial charge in [-0.1, -0.05) is 24.3 Å². The summed E-state index contributed by atoms with van der Waals surface area (Å²) in [6, 6.07) is 11.5. The van der Waals surface area contributed by atoms with E-state index < -0.39 is 34.3 Å². The highest BCUT2D eigenvalue weighted by Gasteiger charge is 2.22. The first kappa shape index (κ1) is 20.5. The Bertz CT molecular complexity index is 929. The molecule has 0 radical (unpaired) electrons. The molecule has 2 aromatic carbocycles. The second-order valence-corrected chi connectivity index (χ2v) is 7.73. The number of hydrogen-bond donors (Lipinski definition) is 1. The maximum atomic E-state index is 13.0. The number of rotatable bonds is 7. The van der Waals surface area contributed by atoms with E-state index >= 15 is 0 Å². The van der Waals surface area contributed by atoms with E-state index in [-0.39, 0.29) is 17.8 Å². The van der Waals surface area contributed by atoms with Crippen LogP contribution in [0.5, 0.6) is 0 Å². The topological polar surface area (TPSA) is 92.8 Å². The number of sulfonamides is 1. The van der Waals surface area contributed by atoms with Gasteiger partial charge in [-0.15, -0.1) is 0 Å². The molecule has 7 nitrogen and oxygen atoms in total. The van der Waals surface area contributed by atoms with E-state index in [0.717, 1.165) is 10.6 Å². The number of esters is 1. The van der Waals surface area contributed by atoms with Crippen molar-refractivity contribution in [3.05, 3.63) is 65.5 Å². The molecule has 144 valence electrons. The molecule has 9 heteroatoms. The molecule has 0 atom stereocenters. The minimum Gasteiger partial charge on any atom is -0.465 e. The van der Waals surface area contributed by atoms with Crippen LogP contribution < -0.4 is 5.32 Å². The summed E-state index contributed by atoms with van der Waals surface area (Å²) in [5, 5.41) is 2.52. The number of carbonyl (C=O) groups is 2. The molecule has 0 aliphatic heterocycles. The van der Waals surface area contributed by atoms with Gasteiger partial charge in [0.05, 0.1) is 31.2 Å². The summed E-state index contributed by atoms with van der Waals surface area (Å²) in [5.74, 6) is -1.70. The third kappa shape index (κ3) is 5.87. The molecule has 0 heterocycles. The van der Waals surface area contributed by atoms with Crippen molar-refractivity contribution in [2.24, 2.45) is 0 Å². The molecule has 0 aliphatic rings. The summed E-state index contributed by atoms with van der Waals surface area (Å²) in [4.78, 5) is 24.1. The second-order valence-electron chi connectivity index (χ2n) is 5.74. The lowest BCUT2D eigenvalue weighted by Gasteiger charge is -2.20. The summed E-state index contributed by atoms with van der Waals surface area (Å²) in [7, 11) is -2.49. The number of methoxy groups -OCH3 is 1. The fourth-order valence-corrected chi connectivity index (χ4v) is 3.05. The van der Waals surface area contributed by atoms with Gasteiger partial charge in [0.1, 0.15) is 5.82 Å². The van der Waals surface area contributed by atoms with Crippen LogP contribution in [0.2, 0.25) is 0 Å². The van der Waals surface area contributed by atoms with Gasteiger partial charge < -0.3 is 10.1 Å². The van der Waals surface area contributed by atoms with E-state index in [9.17, 15) is 22.4 Å². The molecule has 0 spiro atoms. The maximum absolute atomic E-state index is 13.0. The largest absolute Gasteiger partial charge is 0.465 e. The van der Waals surface area contributed by atoms with Crippen molar-refractivity contribution >= 4 is 27.6 Å². The fourth-order valence-electron chi connectivity index (χ4n) is 2.31. The quantitative estimate of drug-likeness (QED) is 0.725. The number of ether oxygens (including phenoxy) is 1. The Labute approximate surface area is 156 Å². The zero-order chi connectivity index (χ0) is 20.0. The van der Waals surface area contributed by atoms with Gasteiger partial charge in [0.15, 0.2) is 0 Å². The molecule has 0 aliphatic carbocycles. The minimum absolute atomic E-state index is 0.0921. The molecular weight excluding hydrogens is 375 g/mol. The van der Waals surface area contributed by atoms with Crippen LogP contribution in [0.3, 0.4) is 0 Å². The molecule has 2 rings (SSSR count). The van der Waals surface area contributed by atoms with E-state index in [1.165, 1.54) is 43.5 Å². The molecule has 27 heavy (non-hydrogen) atoms. The number of halogens is 1. The second kappa shape index (κ2) is 8.74. The summed E-state index contributed by atoms with van der Waals surface area (Å²) in [5.41, 5.74) is 0.895. The Balaban J connectivity index is 2.15. The third-order valence-corrected chi connectivity index (χ3v) is 4.86. The van der Waals surface area contributed by atoms with E-state index in [1.807, 2.05) is 0 Å². The van der Waals surface area contributed by atoms with Crippen molar-refractivity contribution in [2.75, 3.05) is 25.2 Å². The number of nitrogens with one attached hydrogen (secondary N) is 1. The zero-order valence-electron chi connectivity index (χ0n) is 14.8. The third-order valence-electron chi connectivity index (χ3n) is 3.67. The summed E-state index contributed by atoms with van der Waals surface area (Å²) in [6.45, 7) is -0.559. The number of para-hydroxylation sites is 1. The van der Waals surface area contributed by atoms with Gasteiger partial charge in [-0.3, -0.25) is 4.79 Å². The Hall–Kier alpha value is -2.78. The van der Waals surface area contributed by atoms with E-state index in [2.05, 4.69) is 10.1 Å². The first-order valence-electron chi connectivity index (χ1n) is 7.87. The first-order valence-corrected chi connectivity index (χ1v) is 9.72. The molecule has 1 N–H and O–H groups in total. The van der Waals surface area contributed by atoms with Crippen LogP contribution >= 0.6 is 0 Å². The van der Waals surface area contributed by atoms with Crippen molar-refractivity contribution in [1.82, 2.24) is 4.31 Å². The Morgan fingerprint density at radius 3 is 2.33 bits per heavy atom. The van der Waals surface area contributed by atoms with E-state index in [1.54, 1.807) is 12.1 Å². The SMILES string of the molecule is COC(=O)c1ccccc1NC(=O)CN(Cc1ccc(F)cc1)S(C)(=O)=O. The van der Waals surface area contributed by atoms with Crippen molar-refractivity contribution in [2.45, 2.75) is 6.54 Å². The predicted molar refractivity (Wildman–Crippen MR) is 98.1 cm³/mol. The number of carbonyl (C=O) groups excluding carboxylic acids is 2. The summed E-state index contributed by atoms with van der Waals surface area (Å²) < 4.78 is 42.6. The molecule has 0 bridgehead atoms. The molecule has 1 amide bonds. The molecule has 0 saturated carbocycles. The van der Waals surface area contributed by atoms with Crippen molar-refractivity contribution in [1.29, 1.82) is 0 Å². The lowest BCUT2D eigenvalue weighted by Crippen LogP contribution is -2.37. The van der Waals surface area contributed by atoms with Gasteiger partial charge in [0, 0.05) is 6.54 Å². The molecule has 0 unspecified atom stereocenters. The van der Waals surface area contributed by atoms with Gasteiger partial charge in [0.2, 0.25) is 15.9 Å². The molecule has 2 aromatic rings. The molecule has 0 aromatic heterocycles. The number of hydrogen-bond acceptors (Lipinski definition) is 5. The molecule has 0 saturated heterocycles. The van der Waals surface area contributed by atoms with Crippen LogP contribution in [0.25, 0.3) is 0 Å². The Morgan fingerprint density at radius 2 is 1.74 bits per heavy atom. The van der Waals surface area contributed by atoms with Gasteiger partial charge in [0.25, 0.3) is 0 Å². The van der Waals surface area contributed by atoms with Crippen LogP contribution in [0.15, 0.2) is 48.5 Å². The van der Waals surface area contributed by atoms with E-state index in [0.29, 0.717) is 5.56 Å². The fraction of sp³-hybridized carbons (Fsp3) is 0.222. The van der Waals surface area contributed by atoms with Crippen LogP contribution in [-0.4, -0.2) is 44.5 Å². The summed E-state index contributed by atoms with van der Waals surface area (Å²) >= 11 is 0. The highest BCUT2D eigenvalue weighted by atomic mass is 32.2. The lowest BCUT2D eigenvalue weighted by atomic mass is 10.2. The predicted octanol–water partition coefficient (Wildman–Crippen LogP) is 2.01. The maximum Gasteiger partial charge on any atom is 0.339 e. The van der Waals surface area contributed by atoms with Gasteiger partial charge in [-0.2, -0.15) is 4.31 Å². The van der Waals surface area contributed by atoms with Gasteiger partial charge in [-0.25, -0.2) is 17.6 Å². The minimum atomic E-state index is -3.70. The normalized spacial score (nSPS) is 11.3. The number of amides is 1.